The van der Waals surface area contributed by atoms with Crippen LogP contribution in [-0.2, 0) is 16.4 Å². The third-order valence-corrected chi connectivity index (χ3v) is 5.50. The van der Waals surface area contributed by atoms with E-state index in [1.54, 1.807) is 6.07 Å². The van der Waals surface area contributed by atoms with Crippen molar-refractivity contribution in [3.63, 3.8) is 0 Å². The van der Waals surface area contributed by atoms with Gasteiger partial charge >= 0.3 is 0 Å². The zero-order valence-electron chi connectivity index (χ0n) is 11.3. The van der Waals surface area contributed by atoms with Crippen LogP contribution in [0.15, 0.2) is 18.2 Å². The number of nitrogens with zero attached hydrogens (tertiary/aromatic N) is 1. The maximum atomic E-state index is 14.1. The van der Waals surface area contributed by atoms with Gasteiger partial charge in [-0.15, -0.1) is 0 Å². The van der Waals surface area contributed by atoms with Gasteiger partial charge in [0.05, 0.1) is 17.2 Å². The van der Waals surface area contributed by atoms with E-state index in [4.69, 9.17) is 0 Å². The zero-order chi connectivity index (χ0) is 14.2. The van der Waals surface area contributed by atoms with Crippen LogP contribution in [0, 0.1) is 5.82 Å². The Kier molecular flexibility index (Phi) is 3.69. The van der Waals surface area contributed by atoms with E-state index < -0.39 is 9.84 Å². The number of para-hydroxylation sites is 1. The van der Waals surface area contributed by atoms with Gasteiger partial charge in [0, 0.05) is 25.7 Å². The number of anilines is 1. The molecule has 0 aromatic heterocycles. The predicted molar refractivity (Wildman–Crippen MR) is 77.1 cm³/mol. The molecule has 0 atom stereocenters. The van der Waals surface area contributed by atoms with Crippen molar-refractivity contribution < 1.29 is 12.8 Å². The van der Waals surface area contributed by atoms with E-state index in [-0.39, 0.29) is 17.3 Å². The number of hydrogen-bond acceptors (Lipinski definition) is 4. The predicted octanol–water partition coefficient (Wildman–Crippen LogP) is 1.31. The maximum Gasteiger partial charge on any atom is 0.153 e. The van der Waals surface area contributed by atoms with Gasteiger partial charge in [0.25, 0.3) is 0 Å². The molecule has 6 heteroatoms. The second kappa shape index (κ2) is 5.33. The van der Waals surface area contributed by atoms with Crippen LogP contribution in [0.1, 0.15) is 18.4 Å². The van der Waals surface area contributed by atoms with Gasteiger partial charge in [0.15, 0.2) is 9.84 Å². The molecular formula is C14H19FN2O2S. The van der Waals surface area contributed by atoms with E-state index >= 15 is 0 Å². The summed E-state index contributed by atoms with van der Waals surface area (Å²) in [6, 6.07) is 5.63. The fraction of sp³-hybridized carbons (Fsp3) is 0.571. The molecule has 0 spiro atoms. The molecule has 0 unspecified atom stereocenters. The van der Waals surface area contributed by atoms with E-state index in [0.29, 0.717) is 31.4 Å². The summed E-state index contributed by atoms with van der Waals surface area (Å²) in [6.07, 6.45) is 2.37. The molecule has 3 rings (SSSR count). The number of nitrogens with one attached hydrogen (secondary N) is 1. The molecule has 1 heterocycles. The molecule has 0 amide bonds. The molecule has 2 fully saturated rings. The van der Waals surface area contributed by atoms with Crippen molar-refractivity contribution in [2.75, 3.05) is 29.5 Å². The summed E-state index contributed by atoms with van der Waals surface area (Å²) in [5, 5.41) is 3.38. The van der Waals surface area contributed by atoms with E-state index in [2.05, 4.69) is 5.32 Å². The Labute approximate surface area is 118 Å². The van der Waals surface area contributed by atoms with Gasteiger partial charge in [-0.25, -0.2) is 12.8 Å². The summed E-state index contributed by atoms with van der Waals surface area (Å²) in [5.74, 6) is -0.0485. The van der Waals surface area contributed by atoms with Crippen molar-refractivity contribution in [3.05, 3.63) is 29.6 Å². The van der Waals surface area contributed by atoms with E-state index in [0.717, 1.165) is 5.56 Å². The molecule has 1 aliphatic heterocycles. The first-order chi connectivity index (χ1) is 9.55. The topological polar surface area (TPSA) is 49.4 Å². The molecule has 1 saturated carbocycles. The minimum absolute atomic E-state index is 0.108. The lowest BCUT2D eigenvalue weighted by atomic mass is 10.1. The molecule has 1 saturated heterocycles. The van der Waals surface area contributed by atoms with Crippen LogP contribution in [0.4, 0.5) is 10.1 Å². The second-order valence-electron chi connectivity index (χ2n) is 5.54. The van der Waals surface area contributed by atoms with E-state index in [9.17, 15) is 12.8 Å². The Morgan fingerprint density at radius 1 is 1.25 bits per heavy atom. The molecule has 1 aliphatic carbocycles. The summed E-state index contributed by atoms with van der Waals surface area (Å²) in [4.78, 5) is 1.86. The average molecular weight is 298 g/mol. The molecule has 1 aromatic carbocycles. The number of halogens is 1. The summed E-state index contributed by atoms with van der Waals surface area (Å²) in [6.45, 7) is 1.39. The SMILES string of the molecule is O=S1(=O)CCN(c2c(F)cccc2CNC2CC2)CC1. The fourth-order valence-electron chi connectivity index (χ4n) is 2.53. The summed E-state index contributed by atoms with van der Waals surface area (Å²) < 4.78 is 37.1. The van der Waals surface area contributed by atoms with Crippen molar-refractivity contribution in [3.8, 4) is 0 Å². The molecule has 1 N–H and O–H groups in total. The highest BCUT2D eigenvalue weighted by Crippen LogP contribution is 2.27. The Balaban J connectivity index is 1.79. The lowest BCUT2D eigenvalue weighted by Gasteiger charge is -2.31. The third kappa shape index (κ3) is 3.12. The normalized spacial score (nSPS) is 21.9. The van der Waals surface area contributed by atoms with Gasteiger partial charge in [0.2, 0.25) is 0 Å². The van der Waals surface area contributed by atoms with Crippen molar-refractivity contribution in [1.29, 1.82) is 0 Å². The zero-order valence-corrected chi connectivity index (χ0v) is 12.1. The van der Waals surface area contributed by atoms with Crippen LogP contribution in [-0.4, -0.2) is 39.1 Å². The summed E-state index contributed by atoms with van der Waals surface area (Å²) in [5.41, 5.74) is 1.48. The van der Waals surface area contributed by atoms with Crippen molar-refractivity contribution in [2.45, 2.75) is 25.4 Å². The molecule has 1 aromatic rings. The first kappa shape index (κ1) is 13.8. The molecule has 110 valence electrons. The highest BCUT2D eigenvalue weighted by atomic mass is 32.2. The van der Waals surface area contributed by atoms with Crippen LogP contribution in [0.25, 0.3) is 0 Å². The molecule has 2 aliphatic rings. The van der Waals surface area contributed by atoms with Crippen LogP contribution >= 0.6 is 0 Å². The largest absolute Gasteiger partial charge is 0.367 e. The highest BCUT2D eigenvalue weighted by Gasteiger charge is 2.26. The Morgan fingerprint density at radius 3 is 2.60 bits per heavy atom. The van der Waals surface area contributed by atoms with Crippen molar-refractivity contribution in [1.82, 2.24) is 5.32 Å². The first-order valence-electron chi connectivity index (χ1n) is 7.01. The van der Waals surface area contributed by atoms with E-state index in [1.807, 2.05) is 11.0 Å². The number of benzene rings is 1. The fourth-order valence-corrected chi connectivity index (χ4v) is 3.74. The number of rotatable bonds is 4. The quantitative estimate of drug-likeness (QED) is 0.910. The summed E-state index contributed by atoms with van der Waals surface area (Å²) >= 11 is 0. The van der Waals surface area contributed by atoms with Gasteiger partial charge in [-0.3, -0.25) is 0 Å². The molecular weight excluding hydrogens is 279 g/mol. The third-order valence-electron chi connectivity index (χ3n) is 3.89. The molecule has 4 nitrogen and oxygen atoms in total. The van der Waals surface area contributed by atoms with E-state index in [1.165, 1.54) is 18.9 Å². The maximum absolute atomic E-state index is 14.1. The van der Waals surface area contributed by atoms with Gasteiger partial charge in [-0.05, 0) is 24.5 Å². The minimum atomic E-state index is -2.94. The van der Waals surface area contributed by atoms with Gasteiger partial charge in [-0.1, -0.05) is 12.1 Å². The van der Waals surface area contributed by atoms with Crippen LogP contribution in [0.3, 0.4) is 0 Å². The van der Waals surface area contributed by atoms with Crippen molar-refractivity contribution in [2.24, 2.45) is 0 Å². The number of hydrogen-bond donors (Lipinski definition) is 1. The summed E-state index contributed by atoms with van der Waals surface area (Å²) in [7, 11) is -2.94. The standard InChI is InChI=1S/C14H19FN2O2S/c15-13-3-1-2-11(10-16-12-4-5-12)14(13)17-6-8-20(18,19)9-7-17/h1-3,12,16H,4-10H2. The highest BCUT2D eigenvalue weighted by molar-refractivity contribution is 7.91. The molecule has 0 radical (unpaired) electrons. The van der Waals surface area contributed by atoms with Crippen LogP contribution in [0.5, 0.6) is 0 Å². The Morgan fingerprint density at radius 2 is 1.95 bits per heavy atom. The lowest BCUT2D eigenvalue weighted by molar-refractivity contribution is 0.579. The Hall–Kier alpha value is -1.14. The minimum Gasteiger partial charge on any atom is -0.367 e. The second-order valence-corrected chi connectivity index (χ2v) is 7.85. The lowest BCUT2D eigenvalue weighted by Crippen LogP contribution is -2.41. The molecule has 0 bridgehead atoms. The average Bonchev–Trinajstić information content (AvgIpc) is 3.21. The van der Waals surface area contributed by atoms with Crippen LogP contribution in [0.2, 0.25) is 0 Å². The number of sulfone groups is 1. The first-order valence-corrected chi connectivity index (χ1v) is 8.83. The monoisotopic (exact) mass is 298 g/mol. The van der Waals surface area contributed by atoms with Gasteiger partial charge < -0.3 is 10.2 Å². The smallest absolute Gasteiger partial charge is 0.153 e. The molecule has 20 heavy (non-hydrogen) atoms. The Bertz CT molecular complexity index is 585. The van der Waals surface area contributed by atoms with Crippen LogP contribution < -0.4 is 10.2 Å². The van der Waals surface area contributed by atoms with Gasteiger partial charge in [-0.2, -0.15) is 0 Å². The van der Waals surface area contributed by atoms with Gasteiger partial charge in [0.1, 0.15) is 5.82 Å². The van der Waals surface area contributed by atoms with Crippen molar-refractivity contribution >= 4 is 15.5 Å².